The molecule has 2 aromatic rings. The van der Waals surface area contributed by atoms with E-state index in [1.54, 1.807) is 12.1 Å². The average Bonchev–Trinajstić information content (AvgIpc) is 3.16. The minimum absolute atomic E-state index is 0.00706. The van der Waals surface area contributed by atoms with E-state index >= 15 is 0 Å². The van der Waals surface area contributed by atoms with E-state index in [1.165, 1.54) is 18.2 Å². The molecule has 168 valence electrons. The lowest BCUT2D eigenvalue weighted by atomic mass is 9.96. The summed E-state index contributed by atoms with van der Waals surface area (Å²) >= 11 is 7.28. The van der Waals surface area contributed by atoms with Gasteiger partial charge in [-0.2, -0.15) is 0 Å². The Kier molecular flexibility index (Phi) is 8.34. The Balaban J connectivity index is 1.67. The molecular weight excluding hydrogens is 436 g/mol. The first-order valence-electron chi connectivity index (χ1n) is 10.5. The lowest BCUT2D eigenvalue weighted by Crippen LogP contribution is -2.45. The molecule has 0 bridgehead atoms. The Morgan fingerprint density at radius 3 is 2.52 bits per heavy atom. The highest BCUT2D eigenvalue weighted by Crippen LogP contribution is 2.27. The Morgan fingerprint density at radius 2 is 1.87 bits per heavy atom. The predicted molar refractivity (Wildman–Crippen MR) is 123 cm³/mol. The van der Waals surface area contributed by atoms with Crippen molar-refractivity contribution in [1.29, 1.82) is 0 Å². The number of urea groups is 1. The van der Waals surface area contributed by atoms with Gasteiger partial charge in [0.25, 0.3) is 0 Å². The van der Waals surface area contributed by atoms with Gasteiger partial charge in [-0.1, -0.05) is 42.6 Å². The summed E-state index contributed by atoms with van der Waals surface area (Å²) < 4.78 is 1.92. The van der Waals surface area contributed by atoms with Crippen LogP contribution in [0.15, 0.2) is 29.4 Å². The molecule has 1 atom stereocenters. The van der Waals surface area contributed by atoms with E-state index in [0.29, 0.717) is 10.2 Å². The van der Waals surface area contributed by atoms with Crippen molar-refractivity contribution in [2.75, 3.05) is 19.8 Å². The van der Waals surface area contributed by atoms with Crippen molar-refractivity contribution in [2.24, 2.45) is 0 Å². The van der Waals surface area contributed by atoms with Crippen LogP contribution in [-0.4, -0.2) is 57.5 Å². The molecule has 0 spiro atoms. The molecule has 3 amide bonds. The fraction of sp³-hybridized carbons (Fsp3) is 0.524. The van der Waals surface area contributed by atoms with E-state index in [1.807, 2.05) is 42.6 Å². The van der Waals surface area contributed by atoms with Gasteiger partial charge in [-0.25, -0.2) is 4.79 Å². The number of imide groups is 1. The van der Waals surface area contributed by atoms with Crippen molar-refractivity contribution in [3.63, 3.8) is 0 Å². The van der Waals surface area contributed by atoms with Crippen molar-refractivity contribution in [1.82, 2.24) is 30.3 Å². The molecule has 1 heterocycles. The topological polar surface area (TPSA) is 92.1 Å². The van der Waals surface area contributed by atoms with Crippen LogP contribution >= 0.6 is 23.4 Å². The first kappa shape index (κ1) is 23.6. The van der Waals surface area contributed by atoms with Gasteiger partial charge in [0, 0.05) is 16.8 Å². The first-order chi connectivity index (χ1) is 14.8. The molecule has 10 heteroatoms. The van der Waals surface area contributed by atoms with Crippen LogP contribution in [0, 0.1) is 0 Å². The minimum Gasteiger partial charge on any atom is -0.335 e. The van der Waals surface area contributed by atoms with Crippen molar-refractivity contribution in [3.8, 4) is 5.69 Å². The number of nitrogens with one attached hydrogen (secondary N) is 2. The van der Waals surface area contributed by atoms with Crippen LogP contribution in [0.3, 0.4) is 0 Å². The zero-order valence-electron chi connectivity index (χ0n) is 18.1. The normalized spacial score (nSPS) is 15.6. The van der Waals surface area contributed by atoms with Crippen molar-refractivity contribution in [2.45, 2.75) is 56.3 Å². The van der Waals surface area contributed by atoms with E-state index in [9.17, 15) is 9.59 Å². The molecule has 1 fully saturated rings. The molecule has 1 unspecified atom stereocenters. The molecule has 1 aliphatic rings. The lowest BCUT2D eigenvalue weighted by molar-refractivity contribution is -0.117. The van der Waals surface area contributed by atoms with Crippen LogP contribution < -0.4 is 10.6 Å². The highest BCUT2D eigenvalue weighted by atomic mass is 35.5. The Bertz CT molecular complexity index is 896. The van der Waals surface area contributed by atoms with Crippen LogP contribution in [0.4, 0.5) is 4.79 Å². The number of nitrogens with zero attached hydrogens (tertiary/aromatic N) is 4. The van der Waals surface area contributed by atoms with Gasteiger partial charge in [-0.05, 0) is 58.1 Å². The molecule has 3 rings (SSSR count). The zero-order valence-corrected chi connectivity index (χ0v) is 19.7. The monoisotopic (exact) mass is 464 g/mol. The second-order valence-electron chi connectivity index (χ2n) is 7.94. The molecule has 1 aromatic heterocycles. The third-order valence-corrected chi connectivity index (χ3v) is 6.60. The van der Waals surface area contributed by atoms with Crippen molar-refractivity contribution < 1.29 is 9.59 Å². The number of amides is 3. The van der Waals surface area contributed by atoms with Gasteiger partial charge in [0.1, 0.15) is 0 Å². The maximum absolute atomic E-state index is 12.3. The van der Waals surface area contributed by atoms with Gasteiger partial charge in [-0.15, -0.1) is 10.2 Å². The fourth-order valence-corrected chi connectivity index (χ4v) is 4.36. The molecule has 1 aliphatic carbocycles. The first-order valence-corrected chi connectivity index (χ1v) is 11.8. The van der Waals surface area contributed by atoms with Gasteiger partial charge in [0.2, 0.25) is 5.91 Å². The summed E-state index contributed by atoms with van der Waals surface area (Å²) in [5, 5.41) is 15.2. The highest BCUT2D eigenvalue weighted by Gasteiger charge is 2.22. The fourth-order valence-electron chi connectivity index (χ4n) is 3.47. The van der Waals surface area contributed by atoms with Crippen LogP contribution in [-0.2, 0) is 4.79 Å². The van der Waals surface area contributed by atoms with E-state index in [2.05, 4.69) is 20.8 Å². The Labute approximate surface area is 192 Å². The number of thioether (sulfide) groups is 1. The lowest BCUT2D eigenvalue weighted by Gasteiger charge is -2.22. The summed E-state index contributed by atoms with van der Waals surface area (Å²) in [6.07, 6.45) is 5.37. The van der Waals surface area contributed by atoms with Crippen LogP contribution in [0.25, 0.3) is 5.69 Å². The maximum Gasteiger partial charge on any atom is 0.321 e. The number of rotatable bonds is 7. The number of carbonyl (C=O) groups excluding carboxylic acids is 2. The maximum atomic E-state index is 12.3. The summed E-state index contributed by atoms with van der Waals surface area (Å²) in [5.41, 5.74) is 0.857. The van der Waals surface area contributed by atoms with Gasteiger partial charge >= 0.3 is 6.03 Å². The molecular formula is C21H29ClN6O2S. The quantitative estimate of drug-likeness (QED) is 0.605. The molecule has 1 aromatic carbocycles. The number of aromatic nitrogens is 3. The molecule has 0 aliphatic heterocycles. The Hall–Kier alpha value is -2.10. The third-order valence-electron chi connectivity index (χ3n) is 5.42. The smallest absolute Gasteiger partial charge is 0.321 e. The van der Waals surface area contributed by atoms with Crippen molar-refractivity contribution in [3.05, 3.63) is 35.1 Å². The predicted octanol–water partition coefficient (Wildman–Crippen LogP) is 3.79. The van der Waals surface area contributed by atoms with E-state index in [0.717, 1.165) is 37.2 Å². The largest absolute Gasteiger partial charge is 0.335 e. The number of hydrogen-bond donors (Lipinski definition) is 2. The van der Waals surface area contributed by atoms with Crippen LogP contribution in [0.2, 0.25) is 5.02 Å². The molecule has 0 saturated heterocycles. The Morgan fingerprint density at radius 1 is 1.19 bits per heavy atom. The molecule has 2 N–H and O–H groups in total. The van der Waals surface area contributed by atoms with Gasteiger partial charge in [0.05, 0.1) is 11.8 Å². The molecule has 8 nitrogen and oxygen atoms in total. The third kappa shape index (κ3) is 6.44. The number of hydrogen-bond acceptors (Lipinski definition) is 6. The van der Waals surface area contributed by atoms with E-state index in [4.69, 9.17) is 11.6 Å². The second kappa shape index (κ2) is 11.0. The van der Waals surface area contributed by atoms with E-state index in [-0.39, 0.29) is 23.7 Å². The molecule has 1 saturated carbocycles. The summed E-state index contributed by atoms with van der Waals surface area (Å²) in [6.45, 7) is 2.03. The average molecular weight is 465 g/mol. The SMILES string of the molecule is CC(c1nnc(SCC(=O)NC(=O)NC2CCCCC2)n1-c1ccc(Cl)cc1)N(C)C. The standard InChI is InChI=1S/C21H29ClN6O2S/c1-14(27(2)3)19-25-26-21(28(19)17-11-9-15(22)10-12-17)31-13-18(29)24-20(30)23-16-7-5-4-6-8-16/h9-12,14,16H,4-8,13H2,1-3H3,(H2,23,24,29,30). The van der Waals surface area contributed by atoms with E-state index < -0.39 is 6.03 Å². The summed E-state index contributed by atoms with van der Waals surface area (Å²) in [5.74, 6) is 0.441. The van der Waals surface area contributed by atoms with Crippen LogP contribution in [0.5, 0.6) is 0 Å². The minimum atomic E-state index is -0.432. The summed E-state index contributed by atoms with van der Waals surface area (Å²) in [4.78, 5) is 26.5. The van der Waals surface area contributed by atoms with Gasteiger partial charge in [-0.3, -0.25) is 19.6 Å². The zero-order chi connectivity index (χ0) is 22.4. The van der Waals surface area contributed by atoms with Gasteiger partial charge < -0.3 is 5.32 Å². The summed E-state index contributed by atoms with van der Waals surface area (Å²) in [6, 6.07) is 7.11. The summed E-state index contributed by atoms with van der Waals surface area (Å²) in [7, 11) is 3.94. The van der Waals surface area contributed by atoms with Crippen molar-refractivity contribution >= 4 is 35.3 Å². The second-order valence-corrected chi connectivity index (χ2v) is 9.32. The molecule has 31 heavy (non-hydrogen) atoms. The number of carbonyl (C=O) groups is 2. The van der Waals surface area contributed by atoms with Gasteiger partial charge in [0.15, 0.2) is 11.0 Å². The highest BCUT2D eigenvalue weighted by molar-refractivity contribution is 7.99. The number of benzene rings is 1. The van der Waals surface area contributed by atoms with Crippen LogP contribution in [0.1, 0.15) is 50.9 Å². The number of halogens is 1. The molecule has 0 radical (unpaired) electrons.